The molecule has 0 fully saturated rings. The van der Waals surface area contributed by atoms with Crippen molar-refractivity contribution in [3.8, 4) is 0 Å². The Bertz CT molecular complexity index is 275. The van der Waals surface area contributed by atoms with Crippen molar-refractivity contribution in [3.05, 3.63) is 35.9 Å². The minimum absolute atomic E-state index is 0.252. The molecule has 1 aromatic carbocycles. The van der Waals surface area contributed by atoms with Gasteiger partial charge in [0.25, 0.3) is 0 Å². The number of hydrogen-bond donors (Lipinski definition) is 2. The first kappa shape index (κ1) is 13.2. The van der Waals surface area contributed by atoms with E-state index < -0.39 is 0 Å². The van der Waals surface area contributed by atoms with Gasteiger partial charge in [-0.15, -0.1) is 0 Å². The quantitative estimate of drug-likeness (QED) is 0.730. The topological polar surface area (TPSA) is 41.5 Å². The summed E-state index contributed by atoms with van der Waals surface area (Å²) in [6.07, 6.45) is 0.594. The van der Waals surface area contributed by atoms with E-state index in [4.69, 9.17) is 4.74 Å². The average molecular weight is 223 g/mol. The second-order valence-corrected chi connectivity index (χ2v) is 4.10. The molecule has 0 aliphatic carbocycles. The van der Waals surface area contributed by atoms with E-state index in [1.165, 1.54) is 5.56 Å². The SMILES string of the molecule is COCC(Cc1ccccc1)NC[C@@H](C)O. The van der Waals surface area contributed by atoms with Gasteiger partial charge in [0.1, 0.15) is 0 Å². The smallest absolute Gasteiger partial charge is 0.0636 e. The van der Waals surface area contributed by atoms with Crippen LogP contribution in [0, 0.1) is 0 Å². The summed E-state index contributed by atoms with van der Waals surface area (Å²) >= 11 is 0. The lowest BCUT2D eigenvalue weighted by Crippen LogP contribution is -2.39. The van der Waals surface area contributed by atoms with Crippen LogP contribution < -0.4 is 5.32 Å². The molecule has 3 heteroatoms. The van der Waals surface area contributed by atoms with Crippen LogP contribution in [0.15, 0.2) is 30.3 Å². The van der Waals surface area contributed by atoms with Gasteiger partial charge in [-0.2, -0.15) is 0 Å². The maximum absolute atomic E-state index is 9.23. The molecule has 90 valence electrons. The van der Waals surface area contributed by atoms with Crippen molar-refractivity contribution in [1.82, 2.24) is 5.32 Å². The zero-order chi connectivity index (χ0) is 11.8. The Balaban J connectivity index is 2.44. The van der Waals surface area contributed by atoms with Crippen molar-refractivity contribution in [1.29, 1.82) is 0 Å². The third-order valence-electron chi connectivity index (χ3n) is 2.39. The van der Waals surface area contributed by atoms with E-state index in [9.17, 15) is 5.11 Å². The summed E-state index contributed by atoms with van der Waals surface area (Å²) in [5.41, 5.74) is 1.28. The van der Waals surface area contributed by atoms with E-state index in [1.54, 1.807) is 14.0 Å². The van der Waals surface area contributed by atoms with Crippen LogP contribution in [0.3, 0.4) is 0 Å². The van der Waals surface area contributed by atoms with E-state index in [2.05, 4.69) is 17.4 Å². The van der Waals surface area contributed by atoms with Crippen LogP contribution in [-0.4, -0.2) is 37.5 Å². The van der Waals surface area contributed by atoms with Gasteiger partial charge in [-0.1, -0.05) is 30.3 Å². The molecule has 0 bridgehead atoms. The number of benzene rings is 1. The van der Waals surface area contributed by atoms with Gasteiger partial charge in [-0.3, -0.25) is 0 Å². The third kappa shape index (κ3) is 5.26. The summed E-state index contributed by atoms with van der Waals surface area (Å²) in [6, 6.07) is 10.5. The van der Waals surface area contributed by atoms with Crippen LogP contribution in [0.2, 0.25) is 0 Å². The molecule has 2 N–H and O–H groups in total. The zero-order valence-corrected chi connectivity index (χ0v) is 10.0. The number of nitrogens with one attached hydrogen (secondary N) is 1. The van der Waals surface area contributed by atoms with Gasteiger partial charge in [0, 0.05) is 19.7 Å². The average Bonchev–Trinajstić information content (AvgIpc) is 2.27. The molecule has 0 heterocycles. The van der Waals surface area contributed by atoms with Crippen molar-refractivity contribution < 1.29 is 9.84 Å². The van der Waals surface area contributed by atoms with Gasteiger partial charge >= 0.3 is 0 Å². The molecule has 1 rings (SSSR count). The highest BCUT2D eigenvalue weighted by molar-refractivity contribution is 5.15. The van der Waals surface area contributed by atoms with E-state index in [0.29, 0.717) is 13.2 Å². The van der Waals surface area contributed by atoms with E-state index >= 15 is 0 Å². The number of hydrogen-bond acceptors (Lipinski definition) is 3. The number of ether oxygens (including phenoxy) is 1. The Labute approximate surface area is 97.4 Å². The third-order valence-corrected chi connectivity index (χ3v) is 2.39. The van der Waals surface area contributed by atoms with Gasteiger partial charge in [0.2, 0.25) is 0 Å². The maximum atomic E-state index is 9.23. The minimum Gasteiger partial charge on any atom is -0.392 e. The van der Waals surface area contributed by atoms with Gasteiger partial charge < -0.3 is 15.2 Å². The first-order valence-electron chi connectivity index (χ1n) is 5.66. The molecule has 3 nitrogen and oxygen atoms in total. The standard InChI is InChI=1S/C13H21NO2/c1-11(15)9-14-13(10-16-2)8-12-6-4-3-5-7-12/h3-7,11,13-15H,8-10H2,1-2H3/t11-,13?/m1/s1. The first-order valence-corrected chi connectivity index (χ1v) is 5.66. The van der Waals surface area contributed by atoms with E-state index in [0.717, 1.165) is 6.42 Å². The monoisotopic (exact) mass is 223 g/mol. The Morgan fingerprint density at radius 1 is 1.31 bits per heavy atom. The molecule has 1 aromatic rings. The molecule has 0 aromatic heterocycles. The van der Waals surface area contributed by atoms with Gasteiger partial charge in [-0.25, -0.2) is 0 Å². The fourth-order valence-corrected chi connectivity index (χ4v) is 1.63. The molecular formula is C13H21NO2. The lowest BCUT2D eigenvalue weighted by Gasteiger charge is -2.19. The normalized spacial score (nSPS) is 14.7. The lowest BCUT2D eigenvalue weighted by atomic mass is 10.1. The Hall–Kier alpha value is -0.900. The predicted octanol–water partition coefficient (Wildman–Crippen LogP) is 1.21. The van der Waals surface area contributed by atoms with Crippen molar-refractivity contribution in [2.75, 3.05) is 20.3 Å². The van der Waals surface area contributed by atoms with Crippen molar-refractivity contribution in [3.63, 3.8) is 0 Å². The van der Waals surface area contributed by atoms with Gasteiger partial charge in [-0.05, 0) is 18.9 Å². The summed E-state index contributed by atoms with van der Waals surface area (Å²) < 4.78 is 5.16. The molecular weight excluding hydrogens is 202 g/mol. The second kappa shape index (κ2) is 7.39. The maximum Gasteiger partial charge on any atom is 0.0636 e. The first-order chi connectivity index (χ1) is 7.72. The van der Waals surface area contributed by atoms with Gasteiger partial charge in [0.05, 0.1) is 12.7 Å². The molecule has 0 aliphatic heterocycles. The zero-order valence-electron chi connectivity index (χ0n) is 10.0. The summed E-state index contributed by atoms with van der Waals surface area (Å²) in [5, 5.41) is 12.5. The summed E-state index contributed by atoms with van der Waals surface area (Å²) in [6.45, 7) is 3.03. The summed E-state index contributed by atoms with van der Waals surface area (Å²) in [5.74, 6) is 0. The fraction of sp³-hybridized carbons (Fsp3) is 0.538. The predicted molar refractivity (Wildman–Crippen MR) is 65.5 cm³/mol. The van der Waals surface area contributed by atoms with Crippen molar-refractivity contribution in [2.24, 2.45) is 0 Å². The number of aliphatic hydroxyl groups excluding tert-OH is 1. The van der Waals surface area contributed by atoms with Crippen LogP contribution in [0.5, 0.6) is 0 Å². The number of methoxy groups -OCH3 is 1. The Morgan fingerprint density at radius 3 is 2.56 bits per heavy atom. The number of aliphatic hydroxyl groups is 1. The van der Waals surface area contributed by atoms with E-state index in [1.807, 2.05) is 18.2 Å². The molecule has 16 heavy (non-hydrogen) atoms. The highest BCUT2D eigenvalue weighted by Crippen LogP contribution is 2.03. The molecule has 1 unspecified atom stereocenters. The van der Waals surface area contributed by atoms with Crippen molar-refractivity contribution >= 4 is 0 Å². The van der Waals surface area contributed by atoms with Crippen molar-refractivity contribution in [2.45, 2.75) is 25.5 Å². The molecule has 0 radical (unpaired) electrons. The van der Waals surface area contributed by atoms with Crippen LogP contribution in [-0.2, 0) is 11.2 Å². The highest BCUT2D eigenvalue weighted by atomic mass is 16.5. The molecule has 0 aliphatic rings. The molecule has 0 spiro atoms. The summed E-state index contributed by atoms with van der Waals surface area (Å²) in [7, 11) is 1.70. The molecule has 0 amide bonds. The summed E-state index contributed by atoms with van der Waals surface area (Å²) in [4.78, 5) is 0. The second-order valence-electron chi connectivity index (χ2n) is 4.10. The fourth-order valence-electron chi connectivity index (χ4n) is 1.63. The largest absolute Gasteiger partial charge is 0.392 e. The van der Waals surface area contributed by atoms with Crippen LogP contribution in [0.25, 0.3) is 0 Å². The van der Waals surface area contributed by atoms with E-state index in [-0.39, 0.29) is 12.1 Å². The van der Waals surface area contributed by atoms with Gasteiger partial charge in [0.15, 0.2) is 0 Å². The highest BCUT2D eigenvalue weighted by Gasteiger charge is 2.09. The molecule has 0 saturated heterocycles. The Morgan fingerprint density at radius 2 is 2.00 bits per heavy atom. The minimum atomic E-state index is -0.324. The van der Waals surface area contributed by atoms with Crippen LogP contribution in [0.4, 0.5) is 0 Å². The van der Waals surface area contributed by atoms with Crippen LogP contribution >= 0.6 is 0 Å². The Kier molecular flexibility index (Phi) is 6.08. The lowest BCUT2D eigenvalue weighted by molar-refractivity contribution is 0.145. The van der Waals surface area contributed by atoms with Crippen LogP contribution in [0.1, 0.15) is 12.5 Å². The molecule has 0 saturated carbocycles. The molecule has 2 atom stereocenters. The number of rotatable bonds is 7.